The van der Waals surface area contributed by atoms with Crippen molar-refractivity contribution in [1.29, 1.82) is 0 Å². The van der Waals surface area contributed by atoms with Crippen molar-refractivity contribution in [2.45, 2.75) is 39.7 Å². The standard InChI is InChI=1S/C17H31N5OS/c1-5-18-16(19-6-7-22-8-10-23-11-9-22)20-12-14-13-24-15(21-14)17(2,3)4/h13H,5-12H2,1-4H3,(H2,18,19,20). The predicted molar refractivity (Wildman–Crippen MR) is 101 cm³/mol. The highest BCUT2D eigenvalue weighted by atomic mass is 32.1. The Morgan fingerprint density at radius 3 is 2.71 bits per heavy atom. The van der Waals surface area contributed by atoms with Crippen LogP contribution in [-0.2, 0) is 16.7 Å². The molecule has 0 unspecified atom stereocenters. The number of thiazole rings is 1. The first-order valence-electron chi connectivity index (χ1n) is 8.76. The molecule has 0 spiro atoms. The zero-order valence-electron chi connectivity index (χ0n) is 15.4. The summed E-state index contributed by atoms with van der Waals surface area (Å²) in [7, 11) is 0. The number of rotatable bonds is 6. The second-order valence-corrected chi connectivity index (χ2v) is 7.83. The van der Waals surface area contributed by atoms with Crippen LogP contribution in [0.1, 0.15) is 38.4 Å². The molecule has 0 saturated carbocycles. The first kappa shape index (κ1) is 19.1. The van der Waals surface area contributed by atoms with E-state index in [9.17, 15) is 0 Å². The van der Waals surface area contributed by atoms with Gasteiger partial charge >= 0.3 is 0 Å². The van der Waals surface area contributed by atoms with Gasteiger partial charge in [0.25, 0.3) is 0 Å². The third kappa shape index (κ3) is 6.37. The Morgan fingerprint density at radius 1 is 1.33 bits per heavy atom. The van der Waals surface area contributed by atoms with Crippen molar-refractivity contribution in [1.82, 2.24) is 20.5 Å². The molecule has 1 aromatic rings. The van der Waals surface area contributed by atoms with Crippen molar-refractivity contribution in [2.24, 2.45) is 4.99 Å². The number of morpholine rings is 1. The highest BCUT2D eigenvalue weighted by molar-refractivity contribution is 7.09. The number of nitrogens with zero attached hydrogens (tertiary/aromatic N) is 3. The van der Waals surface area contributed by atoms with E-state index in [4.69, 9.17) is 9.72 Å². The maximum atomic E-state index is 5.37. The summed E-state index contributed by atoms with van der Waals surface area (Å²) in [5.41, 5.74) is 1.14. The maximum Gasteiger partial charge on any atom is 0.191 e. The molecule has 136 valence electrons. The van der Waals surface area contributed by atoms with Gasteiger partial charge in [0, 0.05) is 43.5 Å². The number of guanidine groups is 1. The van der Waals surface area contributed by atoms with E-state index in [-0.39, 0.29) is 5.41 Å². The molecule has 2 rings (SSSR count). The highest BCUT2D eigenvalue weighted by Gasteiger charge is 2.17. The predicted octanol–water partition coefficient (Wildman–Crippen LogP) is 1.83. The summed E-state index contributed by atoms with van der Waals surface area (Å²) in [6, 6.07) is 0. The summed E-state index contributed by atoms with van der Waals surface area (Å²) in [4.78, 5) is 11.8. The lowest BCUT2D eigenvalue weighted by molar-refractivity contribution is 0.0389. The van der Waals surface area contributed by atoms with Crippen molar-refractivity contribution >= 4 is 17.3 Å². The Hall–Kier alpha value is -1.18. The quantitative estimate of drug-likeness (QED) is 0.603. The fraction of sp³-hybridized carbons (Fsp3) is 0.765. The molecule has 2 heterocycles. The minimum Gasteiger partial charge on any atom is -0.379 e. The van der Waals surface area contributed by atoms with E-state index < -0.39 is 0 Å². The second-order valence-electron chi connectivity index (χ2n) is 6.97. The summed E-state index contributed by atoms with van der Waals surface area (Å²) in [5, 5.41) is 9.98. The Kier molecular flexibility index (Phi) is 7.45. The normalized spacial score (nSPS) is 17.1. The SMILES string of the molecule is CCNC(=NCc1csc(C(C)(C)C)n1)NCCN1CCOCC1. The monoisotopic (exact) mass is 353 g/mol. The van der Waals surface area contributed by atoms with Crippen molar-refractivity contribution in [3.05, 3.63) is 16.1 Å². The van der Waals surface area contributed by atoms with E-state index >= 15 is 0 Å². The van der Waals surface area contributed by atoms with Crippen molar-refractivity contribution in [3.63, 3.8) is 0 Å². The van der Waals surface area contributed by atoms with Gasteiger partial charge in [0.2, 0.25) is 0 Å². The minimum atomic E-state index is 0.105. The lowest BCUT2D eigenvalue weighted by Gasteiger charge is -2.26. The smallest absolute Gasteiger partial charge is 0.191 e. The number of hydrogen-bond donors (Lipinski definition) is 2. The minimum absolute atomic E-state index is 0.105. The summed E-state index contributed by atoms with van der Waals surface area (Å²) >= 11 is 1.72. The Labute approximate surface area is 149 Å². The lowest BCUT2D eigenvalue weighted by Crippen LogP contribution is -2.44. The average molecular weight is 354 g/mol. The van der Waals surface area contributed by atoms with Gasteiger partial charge in [-0.2, -0.15) is 0 Å². The van der Waals surface area contributed by atoms with Gasteiger partial charge in [0.15, 0.2) is 5.96 Å². The van der Waals surface area contributed by atoms with Crippen LogP contribution < -0.4 is 10.6 Å². The number of nitrogens with one attached hydrogen (secondary N) is 2. The van der Waals surface area contributed by atoms with E-state index in [1.54, 1.807) is 11.3 Å². The molecule has 0 aliphatic carbocycles. The third-order valence-electron chi connectivity index (χ3n) is 3.76. The lowest BCUT2D eigenvalue weighted by atomic mass is 9.98. The topological polar surface area (TPSA) is 61.8 Å². The van der Waals surface area contributed by atoms with Gasteiger partial charge in [0.05, 0.1) is 30.5 Å². The molecule has 1 aliphatic rings. The van der Waals surface area contributed by atoms with Crippen molar-refractivity contribution in [2.75, 3.05) is 45.9 Å². The molecule has 0 atom stereocenters. The van der Waals surface area contributed by atoms with Gasteiger partial charge in [-0.25, -0.2) is 9.98 Å². The third-order valence-corrected chi connectivity index (χ3v) is 5.08. The molecular weight excluding hydrogens is 322 g/mol. The zero-order valence-corrected chi connectivity index (χ0v) is 16.2. The number of ether oxygens (including phenoxy) is 1. The first-order chi connectivity index (χ1) is 11.5. The van der Waals surface area contributed by atoms with E-state index in [2.05, 4.69) is 53.6 Å². The number of hydrogen-bond acceptors (Lipinski definition) is 5. The molecule has 0 bridgehead atoms. The first-order valence-corrected chi connectivity index (χ1v) is 9.64. The summed E-state index contributed by atoms with van der Waals surface area (Å²) in [6.07, 6.45) is 0. The zero-order chi connectivity index (χ0) is 17.4. The van der Waals surface area contributed by atoms with Crippen LogP contribution in [0.2, 0.25) is 0 Å². The van der Waals surface area contributed by atoms with E-state index in [1.165, 1.54) is 0 Å². The number of aromatic nitrogens is 1. The van der Waals surface area contributed by atoms with Crippen LogP contribution in [0.4, 0.5) is 0 Å². The van der Waals surface area contributed by atoms with Gasteiger partial charge in [-0.3, -0.25) is 4.90 Å². The van der Waals surface area contributed by atoms with Crippen LogP contribution in [0, 0.1) is 0 Å². The molecule has 0 amide bonds. The van der Waals surface area contributed by atoms with Crippen LogP contribution in [0.25, 0.3) is 0 Å². The largest absolute Gasteiger partial charge is 0.379 e. The van der Waals surface area contributed by atoms with Crippen molar-refractivity contribution in [3.8, 4) is 0 Å². The van der Waals surface area contributed by atoms with E-state index in [0.717, 1.165) is 62.6 Å². The van der Waals surface area contributed by atoms with Crippen molar-refractivity contribution < 1.29 is 4.74 Å². The van der Waals surface area contributed by atoms with Gasteiger partial charge < -0.3 is 15.4 Å². The van der Waals surface area contributed by atoms with Gasteiger partial charge in [-0.05, 0) is 6.92 Å². The summed E-state index contributed by atoms with van der Waals surface area (Å²) in [6.45, 7) is 15.7. The fourth-order valence-electron chi connectivity index (χ4n) is 2.38. The van der Waals surface area contributed by atoms with Gasteiger partial charge in [0.1, 0.15) is 0 Å². The molecule has 0 radical (unpaired) electrons. The molecular formula is C17H31N5OS. The Bertz CT molecular complexity index is 517. The molecule has 2 N–H and O–H groups in total. The van der Waals surface area contributed by atoms with Crippen LogP contribution in [0.5, 0.6) is 0 Å². The average Bonchev–Trinajstić information content (AvgIpc) is 3.03. The second kappa shape index (κ2) is 9.34. The molecule has 1 aliphatic heterocycles. The van der Waals surface area contributed by atoms with Crippen LogP contribution >= 0.6 is 11.3 Å². The molecule has 1 saturated heterocycles. The van der Waals surface area contributed by atoms with E-state index in [0.29, 0.717) is 6.54 Å². The van der Waals surface area contributed by atoms with Gasteiger partial charge in [-0.1, -0.05) is 20.8 Å². The van der Waals surface area contributed by atoms with Crippen LogP contribution in [0.15, 0.2) is 10.4 Å². The molecule has 0 aromatic carbocycles. The van der Waals surface area contributed by atoms with Gasteiger partial charge in [-0.15, -0.1) is 11.3 Å². The Morgan fingerprint density at radius 2 is 2.08 bits per heavy atom. The Balaban J connectivity index is 1.82. The number of aliphatic imine (C=N–C) groups is 1. The molecule has 1 aromatic heterocycles. The molecule has 1 fully saturated rings. The molecule has 24 heavy (non-hydrogen) atoms. The fourth-order valence-corrected chi connectivity index (χ4v) is 3.28. The molecule has 7 heteroatoms. The van der Waals surface area contributed by atoms with Crippen LogP contribution in [0.3, 0.4) is 0 Å². The summed E-state index contributed by atoms with van der Waals surface area (Å²) in [5.74, 6) is 0.857. The molecule has 6 nitrogen and oxygen atoms in total. The van der Waals surface area contributed by atoms with E-state index in [1.807, 2.05) is 0 Å². The summed E-state index contributed by atoms with van der Waals surface area (Å²) < 4.78 is 5.37. The maximum absolute atomic E-state index is 5.37. The highest BCUT2D eigenvalue weighted by Crippen LogP contribution is 2.25. The van der Waals surface area contributed by atoms with Crippen LogP contribution in [-0.4, -0.2) is 61.8 Å².